The number of nitrogens with one attached hydrogen (secondary N) is 2. The van der Waals surface area contributed by atoms with Crippen LogP contribution in [0.1, 0.15) is 24.6 Å². The Hall–Kier alpha value is -1.03. The molecule has 1 aromatic rings. The van der Waals surface area contributed by atoms with E-state index >= 15 is 0 Å². The van der Waals surface area contributed by atoms with Gasteiger partial charge in [-0.3, -0.25) is 9.89 Å². The minimum atomic E-state index is -0.462. The van der Waals surface area contributed by atoms with Crippen LogP contribution in [0.2, 0.25) is 0 Å². The van der Waals surface area contributed by atoms with Gasteiger partial charge in [-0.05, 0) is 31.7 Å². The van der Waals surface area contributed by atoms with E-state index in [0.717, 1.165) is 19.3 Å². The largest absolute Gasteiger partial charge is 0.352 e. The van der Waals surface area contributed by atoms with E-state index in [-0.39, 0.29) is 11.9 Å². The molecule has 1 aliphatic carbocycles. The number of carbonyl (C=O) groups excluding carboxylic acids is 1. The van der Waals surface area contributed by atoms with Crippen LogP contribution in [0, 0.1) is 0 Å². The first-order valence-electron chi connectivity index (χ1n) is 5.12. The monoisotopic (exact) mass is 227 g/mol. The maximum absolute atomic E-state index is 11.4. The molecule has 15 heavy (non-hydrogen) atoms. The molecule has 0 aromatic carbocycles. The topological polar surface area (TPSA) is 57.8 Å². The van der Waals surface area contributed by atoms with Crippen molar-refractivity contribution in [1.29, 1.82) is 0 Å². The van der Waals surface area contributed by atoms with Crippen LogP contribution in [0.15, 0.2) is 6.20 Å². The Labute approximate surface area is 93.4 Å². The first kappa shape index (κ1) is 10.5. The second-order valence-electron chi connectivity index (χ2n) is 3.94. The van der Waals surface area contributed by atoms with Crippen molar-refractivity contribution in [1.82, 2.24) is 15.5 Å². The maximum atomic E-state index is 11.4. The third-order valence-corrected chi connectivity index (χ3v) is 2.92. The number of aromatic amines is 1. The molecule has 1 aliphatic rings. The summed E-state index contributed by atoms with van der Waals surface area (Å²) in [7, 11) is 0. The van der Waals surface area contributed by atoms with Gasteiger partial charge in [-0.2, -0.15) is 5.10 Å². The van der Waals surface area contributed by atoms with Crippen LogP contribution in [0.4, 0.5) is 0 Å². The molecule has 2 atom stereocenters. The first-order valence-corrected chi connectivity index (χ1v) is 5.56. The number of hydrogen-bond donors (Lipinski definition) is 2. The third kappa shape index (κ3) is 2.31. The molecule has 0 radical (unpaired) electrons. The first-order chi connectivity index (χ1) is 7.16. The zero-order valence-corrected chi connectivity index (χ0v) is 9.34. The van der Waals surface area contributed by atoms with Crippen molar-refractivity contribution < 1.29 is 4.79 Å². The van der Waals surface area contributed by atoms with Crippen LogP contribution in [0.3, 0.4) is 0 Å². The maximum Gasteiger partial charge on any atom is 0.237 e. The van der Waals surface area contributed by atoms with E-state index in [1.54, 1.807) is 6.92 Å². The summed E-state index contributed by atoms with van der Waals surface area (Å²) in [6.45, 7) is 1.68. The van der Waals surface area contributed by atoms with Crippen molar-refractivity contribution in [2.75, 3.05) is 0 Å². The number of rotatable bonds is 2. The number of amides is 1. The molecule has 0 saturated carbocycles. The highest BCUT2D eigenvalue weighted by atomic mass is 35.5. The summed E-state index contributed by atoms with van der Waals surface area (Å²) in [6, 6.07) is 0.198. The summed E-state index contributed by atoms with van der Waals surface area (Å²) in [6.07, 6.45) is 4.57. The van der Waals surface area contributed by atoms with Gasteiger partial charge in [-0.1, -0.05) is 0 Å². The molecule has 5 heteroatoms. The van der Waals surface area contributed by atoms with Crippen molar-refractivity contribution in [3.63, 3.8) is 0 Å². The number of hydrogen-bond acceptors (Lipinski definition) is 2. The highest BCUT2D eigenvalue weighted by Crippen LogP contribution is 2.18. The molecule has 2 rings (SSSR count). The van der Waals surface area contributed by atoms with E-state index in [9.17, 15) is 4.79 Å². The van der Waals surface area contributed by atoms with Crippen LogP contribution in [-0.4, -0.2) is 27.5 Å². The number of aromatic nitrogens is 2. The number of halogens is 1. The van der Waals surface area contributed by atoms with Crippen molar-refractivity contribution in [3.05, 3.63) is 17.5 Å². The average Bonchev–Trinajstić information content (AvgIpc) is 2.64. The molecule has 0 fully saturated rings. The van der Waals surface area contributed by atoms with Crippen LogP contribution in [-0.2, 0) is 17.6 Å². The molecule has 0 saturated heterocycles. The van der Waals surface area contributed by atoms with Crippen molar-refractivity contribution in [2.45, 2.75) is 37.6 Å². The van der Waals surface area contributed by atoms with Gasteiger partial charge in [0.2, 0.25) is 5.91 Å². The smallest absolute Gasteiger partial charge is 0.237 e. The second kappa shape index (κ2) is 4.23. The number of alkyl halides is 1. The summed E-state index contributed by atoms with van der Waals surface area (Å²) in [5.41, 5.74) is 2.40. The molecule has 4 nitrogen and oxygen atoms in total. The Kier molecular flexibility index (Phi) is 2.95. The van der Waals surface area contributed by atoms with E-state index in [2.05, 4.69) is 15.5 Å². The van der Waals surface area contributed by atoms with Gasteiger partial charge >= 0.3 is 0 Å². The summed E-state index contributed by atoms with van der Waals surface area (Å²) >= 11 is 5.70. The van der Waals surface area contributed by atoms with Gasteiger partial charge in [0.15, 0.2) is 0 Å². The Balaban J connectivity index is 1.96. The molecule has 1 heterocycles. The van der Waals surface area contributed by atoms with Gasteiger partial charge in [0.05, 0.1) is 6.20 Å². The lowest BCUT2D eigenvalue weighted by Crippen LogP contribution is -2.41. The van der Waals surface area contributed by atoms with Crippen LogP contribution < -0.4 is 5.32 Å². The molecular weight excluding hydrogens is 214 g/mol. The molecule has 2 unspecified atom stereocenters. The van der Waals surface area contributed by atoms with E-state index in [4.69, 9.17) is 11.6 Å². The van der Waals surface area contributed by atoms with E-state index in [1.807, 2.05) is 6.20 Å². The minimum absolute atomic E-state index is 0.0892. The molecule has 0 bridgehead atoms. The fraction of sp³-hybridized carbons (Fsp3) is 0.600. The lowest BCUT2D eigenvalue weighted by atomic mass is 9.93. The average molecular weight is 228 g/mol. The van der Waals surface area contributed by atoms with Crippen LogP contribution in [0.25, 0.3) is 0 Å². The fourth-order valence-electron chi connectivity index (χ4n) is 1.86. The van der Waals surface area contributed by atoms with Gasteiger partial charge in [0, 0.05) is 11.7 Å². The van der Waals surface area contributed by atoms with Gasteiger partial charge in [-0.25, -0.2) is 0 Å². The predicted octanol–water partition coefficient (Wildman–Crippen LogP) is 1.01. The number of fused-ring (bicyclic) bond motifs is 1. The predicted molar refractivity (Wildman–Crippen MR) is 57.9 cm³/mol. The molecule has 1 aromatic heterocycles. The van der Waals surface area contributed by atoms with Gasteiger partial charge < -0.3 is 5.32 Å². The standard InChI is InChI=1S/C10H14ClN3O/c1-6(11)10(15)13-8-2-3-9-7(4-8)5-12-14-9/h5-6,8H,2-4H2,1H3,(H,12,14)(H,13,15). The van der Waals surface area contributed by atoms with Crippen molar-refractivity contribution in [2.24, 2.45) is 0 Å². The highest BCUT2D eigenvalue weighted by Gasteiger charge is 2.22. The van der Waals surface area contributed by atoms with Gasteiger partial charge in [0.25, 0.3) is 0 Å². The summed E-state index contributed by atoms with van der Waals surface area (Å²) in [5.74, 6) is -0.0892. The van der Waals surface area contributed by atoms with Crippen molar-refractivity contribution in [3.8, 4) is 0 Å². The molecule has 0 aliphatic heterocycles. The number of H-pyrrole nitrogens is 1. The summed E-state index contributed by atoms with van der Waals surface area (Å²) in [5, 5.41) is 9.43. The number of carbonyl (C=O) groups is 1. The number of nitrogens with zero attached hydrogens (tertiary/aromatic N) is 1. The Morgan fingerprint density at radius 1 is 1.80 bits per heavy atom. The molecule has 1 amide bonds. The second-order valence-corrected chi connectivity index (χ2v) is 4.59. The zero-order valence-electron chi connectivity index (χ0n) is 8.59. The lowest BCUT2D eigenvalue weighted by Gasteiger charge is -2.23. The van der Waals surface area contributed by atoms with Crippen LogP contribution >= 0.6 is 11.6 Å². The van der Waals surface area contributed by atoms with E-state index in [0.29, 0.717) is 0 Å². The molecule has 0 spiro atoms. The summed E-state index contributed by atoms with van der Waals surface area (Å²) in [4.78, 5) is 11.4. The third-order valence-electron chi connectivity index (χ3n) is 2.72. The SMILES string of the molecule is CC(Cl)C(=O)NC1CCc2[nH]ncc2C1. The van der Waals surface area contributed by atoms with Gasteiger partial charge in [0.1, 0.15) is 5.38 Å². The molecule has 82 valence electrons. The normalized spacial score (nSPS) is 21.9. The Morgan fingerprint density at radius 2 is 2.60 bits per heavy atom. The quantitative estimate of drug-likeness (QED) is 0.741. The Morgan fingerprint density at radius 3 is 3.33 bits per heavy atom. The fourth-order valence-corrected chi connectivity index (χ4v) is 1.92. The number of aryl methyl sites for hydroxylation is 1. The summed E-state index contributed by atoms with van der Waals surface area (Å²) < 4.78 is 0. The Bertz CT molecular complexity index is 361. The zero-order chi connectivity index (χ0) is 10.8. The van der Waals surface area contributed by atoms with E-state index < -0.39 is 5.38 Å². The minimum Gasteiger partial charge on any atom is -0.352 e. The molecule has 2 N–H and O–H groups in total. The lowest BCUT2D eigenvalue weighted by molar-refractivity contribution is -0.121. The van der Waals surface area contributed by atoms with Crippen LogP contribution in [0.5, 0.6) is 0 Å². The van der Waals surface area contributed by atoms with Gasteiger partial charge in [-0.15, -0.1) is 11.6 Å². The van der Waals surface area contributed by atoms with Crippen molar-refractivity contribution >= 4 is 17.5 Å². The highest BCUT2D eigenvalue weighted by molar-refractivity contribution is 6.30. The van der Waals surface area contributed by atoms with E-state index in [1.165, 1.54) is 11.3 Å². The molecular formula is C10H14ClN3O.